The van der Waals surface area contributed by atoms with Crippen molar-refractivity contribution in [1.29, 1.82) is 0 Å². The number of rotatable bonds is 6. The molecule has 0 aliphatic carbocycles. The van der Waals surface area contributed by atoms with Gasteiger partial charge in [-0.2, -0.15) is 5.10 Å². The van der Waals surface area contributed by atoms with Crippen LogP contribution in [0.1, 0.15) is 21.5 Å². The average Bonchev–Trinajstić information content (AvgIpc) is 2.72. The van der Waals surface area contributed by atoms with Crippen LogP contribution in [0.15, 0.2) is 65.8 Å². The minimum absolute atomic E-state index is 0.0547. The summed E-state index contributed by atoms with van der Waals surface area (Å²) in [4.78, 5) is 12.0. The van der Waals surface area contributed by atoms with Crippen LogP contribution in [-0.4, -0.2) is 27.4 Å². The Morgan fingerprint density at radius 3 is 2.24 bits per heavy atom. The van der Waals surface area contributed by atoms with Crippen molar-refractivity contribution in [3.63, 3.8) is 0 Å². The zero-order chi connectivity index (χ0) is 20.8. The molecule has 0 saturated carbocycles. The Labute approximate surface area is 171 Å². The number of hydrogen-bond donors (Lipinski definition) is 4. The Kier molecular flexibility index (Phi) is 6.21. The monoisotopic (exact) mass is 412 g/mol. The Hall–Kier alpha value is -3.71. The third-order valence-corrected chi connectivity index (χ3v) is 4.16. The van der Waals surface area contributed by atoms with Crippen molar-refractivity contribution in [2.45, 2.75) is 6.61 Å². The summed E-state index contributed by atoms with van der Waals surface area (Å²) in [5.41, 5.74) is 3.93. The van der Waals surface area contributed by atoms with Gasteiger partial charge in [0.25, 0.3) is 5.91 Å². The van der Waals surface area contributed by atoms with E-state index in [4.69, 9.17) is 16.3 Å². The number of carbonyl (C=O) groups is 1. The van der Waals surface area contributed by atoms with Gasteiger partial charge in [-0.25, -0.2) is 5.43 Å². The number of phenolic OH excluding ortho intramolecular Hbond substituents is 3. The SMILES string of the molecule is O=C(N/N=C/c1ccc(OCc2ccc(Cl)cc2)cc1)c1cc(O)c(O)c(O)c1. The summed E-state index contributed by atoms with van der Waals surface area (Å²) in [6.07, 6.45) is 1.43. The first-order valence-electron chi connectivity index (χ1n) is 8.48. The van der Waals surface area contributed by atoms with E-state index < -0.39 is 23.2 Å². The molecule has 1 amide bonds. The van der Waals surface area contributed by atoms with Gasteiger partial charge in [-0.15, -0.1) is 0 Å². The summed E-state index contributed by atoms with van der Waals surface area (Å²) in [7, 11) is 0. The van der Waals surface area contributed by atoms with E-state index in [9.17, 15) is 20.1 Å². The second-order valence-electron chi connectivity index (χ2n) is 6.05. The van der Waals surface area contributed by atoms with Crippen molar-refractivity contribution in [2.75, 3.05) is 0 Å². The molecule has 0 unspecified atom stereocenters. The highest BCUT2D eigenvalue weighted by Gasteiger charge is 2.12. The first-order valence-corrected chi connectivity index (χ1v) is 8.86. The fourth-order valence-corrected chi connectivity index (χ4v) is 2.49. The van der Waals surface area contributed by atoms with E-state index in [2.05, 4.69) is 10.5 Å². The van der Waals surface area contributed by atoms with Gasteiger partial charge in [-0.1, -0.05) is 23.7 Å². The second-order valence-corrected chi connectivity index (χ2v) is 6.48. The van der Waals surface area contributed by atoms with Gasteiger partial charge >= 0.3 is 0 Å². The summed E-state index contributed by atoms with van der Waals surface area (Å²) in [6.45, 7) is 0.410. The first-order chi connectivity index (χ1) is 13.9. The number of ether oxygens (including phenoxy) is 1. The summed E-state index contributed by atoms with van der Waals surface area (Å²) >= 11 is 5.85. The van der Waals surface area contributed by atoms with Crippen molar-refractivity contribution < 1.29 is 24.9 Å². The molecule has 7 nitrogen and oxygen atoms in total. The number of nitrogens with one attached hydrogen (secondary N) is 1. The maximum absolute atomic E-state index is 12.0. The van der Waals surface area contributed by atoms with E-state index in [1.165, 1.54) is 6.21 Å². The first kappa shape index (κ1) is 20.0. The van der Waals surface area contributed by atoms with Crippen LogP contribution in [0.3, 0.4) is 0 Å². The van der Waals surface area contributed by atoms with Gasteiger partial charge in [0.2, 0.25) is 0 Å². The van der Waals surface area contributed by atoms with Crippen LogP contribution in [0.25, 0.3) is 0 Å². The van der Waals surface area contributed by atoms with Crippen LogP contribution in [0, 0.1) is 0 Å². The molecule has 3 aromatic carbocycles. The number of benzene rings is 3. The molecular formula is C21H17ClN2O5. The molecule has 0 atom stereocenters. The third kappa shape index (κ3) is 5.40. The van der Waals surface area contributed by atoms with Crippen molar-refractivity contribution in [1.82, 2.24) is 5.43 Å². The minimum atomic E-state index is -0.691. The fraction of sp³-hybridized carbons (Fsp3) is 0.0476. The average molecular weight is 413 g/mol. The summed E-state index contributed by atoms with van der Waals surface area (Å²) in [5, 5.41) is 32.7. The van der Waals surface area contributed by atoms with Gasteiger partial charge in [0.05, 0.1) is 6.21 Å². The van der Waals surface area contributed by atoms with Crippen molar-refractivity contribution in [3.8, 4) is 23.0 Å². The number of hydrazone groups is 1. The molecule has 0 radical (unpaired) electrons. The highest BCUT2D eigenvalue weighted by atomic mass is 35.5. The van der Waals surface area contributed by atoms with Gasteiger partial charge in [0.15, 0.2) is 17.2 Å². The van der Waals surface area contributed by atoms with E-state index in [0.717, 1.165) is 23.3 Å². The fourth-order valence-electron chi connectivity index (χ4n) is 2.36. The Morgan fingerprint density at radius 1 is 1.00 bits per heavy atom. The van der Waals surface area contributed by atoms with Crippen LogP contribution in [0.2, 0.25) is 5.02 Å². The smallest absolute Gasteiger partial charge is 0.271 e. The van der Waals surface area contributed by atoms with E-state index in [1.807, 2.05) is 12.1 Å². The van der Waals surface area contributed by atoms with Crippen LogP contribution in [-0.2, 0) is 6.61 Å². The molecule has 8 heteroatoms. The van der Waals surface area contributed by atoms with Crippen LogP contribution in [0.5, 0.6) is 23.0 Å². The summed E-state index contributed by atoms with van der Waals surface area (Å²) < 4.78 is 5.69. The van der Waals surface area contributed by atoms with Gasteiger partial charge < -0.3 is 20.1 Å². The second kappa shape index (κ2) is 8.99. The Bertz CT molecular complexity index is 1010. The number of nitrogens with zero attached hydrogens (tertiary/aromatic N) is 1. The van der Waals surface area contributed by atoms with E-state index in [1.54, 1.807) is 36.4 Å². The predicted molar refractivity (Wildman–Crippen MR) is 109 cm³/mol. The third-order valence-electron chi connectivity index (χ3n) is 3.91. The highest BCUT2D eigenvalue weighted by Crippen LogP contribution is 2.35. The molecule has 0 heterocycles. The topological polar surface area (TPSA) is 111 Å². The van der Waals surface area contributed by atoms with Crippen molar-refractivity contribution in [3.05, 3.63) is 82.4 Å². The number of aromatic hydroxyl groups is 3. The zero-order valence-electron chi connectivity index (χ0n) is 15.0. The lowest BCUT2D eigenvalue weighted by molar-refractivity contribution is 0.0954. The molecule has 0 aliphatic heterocycles. The molecule has 0 fully saturated rings. The molecule has 148 valence electrons. The Balaban J connectivity index is 1.54. The lowest BCUT2D eigenvalue weighted by Crippen LogP contribution is -2.17. The van der Waals surface area contributed by atoms with Crippen LogP contribution in [0.4, 0.5) is 0 Å². The zero-order valence-corrected chi connectivity index (χ0v) is 15.8. The lowest BCUT2D eigenvalue weighted by atomic mass is 10.2. The maximum atomic E-state index is 12.0. The molecule has 0 bridgehead atoms. The molecule has 3 rings (SSSR count). The van der Waals surface area contributed by atoms with Crippen LogP contribution < -0.4 is 10.2 Å². The number of halogens is 1. The van der Waals surface area contributed by atoms with E-state index in [0.29, 0.717) is 17.4 Å². The molecule has 0 aliphatic rings. The maximum Gasteiger partial charge on any atom is 0.271 e. The molecule has 0 saturated heterocycles. The highest BCUT2D eigenvalue weighted by molar-refractivity contribution is 6.30. The van der Waals surface area contributed by atoms with E-state index >= 15 is 0 Å². The van der Waals surface area contributed by atoms with Gasteiger partial charge in [0.1, 0.15) is 12.4 Å². The van der Waals surface area contributed by atoms with Crippen molar-refractivity contribution >= 4 is 23.7 Å². The molecule has 29 heavy (non-hydrogen) atoms. The minimum Gasteiger partial charge on any atom is -0.504 e. The van der Waals surface area contributed by atoms with Gasteiger partial charge in [-0.3, -0.25) is 4.79 Å². The summed E-state index contributed by atoms with van der Waals surface area (Å²) in [6, 6.07) is 16.5. The summed E-state index contributed by atoms with van der Waals surface area (Å²) in [5.74, 6) is -1.88. The number of phenols is 3. The number of amides is 1. The molecule has 3 aromatic rings. The largest absolute Gasteiger partial charge is 0.504 e. The van der Waals surface area contributed by atoms with E-state index in [-0.39, 0.29) is 5.56 Å². The molecular weight excluding hydrogens is 396 g/mol. The van der Waals surface area contributed by atoms with Gasteiger partial charge in [0, 0.05) is 10.6 Å². The molecule has 0 aromatic heterocycles. The standard InChI is InChI=1S/C21H17ClN2O5/c22-16-5-1-14(2-6-16)12-29-17-7-3-13(4-8-17)11-23-24-21(28)15-9-18(25)20(27)19(26)10-15/h1-11,25-27H,12H2,(H,24,28)/b23-11+. The van der Waals surface area contributed by atoms with Crippen molar-refractivity contribution in [2.24, 2.45) is 5.10 Å². The normalized spacial score (nSPS) is 10.8. The predicted octanol–water partition coefficient (Wildman–Crippen LogP) is 3.80. The molecule has 0 spiro atoms. The Morgan fingerprint density at radius 2 is 1.62 bits per heavy atom. The number of carbonyl (C=O) groups excluding carboxylic acids is 1. The number of hydrogen-bond acceptors (Lipinski definition) is 6. The lowest BCUT2D eigenvalue weighted by Gasteiger charge is -2.06. The molecule has 4 N–H and O–H groups in total. The van der Waals surface area contributed by atoms with Crippen LogP contribution >= 0.6 is 11.6 Å². The quantitative estimate of drug-likeness (QED) is 0.279. The van der Waals surface area contributed by atoms with Gasteiger partial charge in [-0.05, 0) is 59.7 Å².